The van der Waals surface area contributed by atoms with Gasteiger partial charge < -0.3 is 20.1 Å². The number of aromatic nitrogens is 5. The predicted molar refractivity (Wildman–Crippen MR) is 147 cm³/mol. The fourth-order valence-corrected chi connectivity index (χ4v) is 4.61. The molecule has 11 nitrogen and oxygen atoms in total. The zero-order valence-corrected chi connectivity index (χ0v) is 22.5. The van der Waals surface area contributed by atoms with Crippen LogP contribution in [0.3, 0.4) is 0 Å². The minimum absolute atomic E-state index is 0.0156. The van der Waals surface area contributed by atoms with Crippen molar-refractivity contribution in [2.75, 3.05) is 18.4 Å². The van der Waals surface area contributed by atoms with Crippen LogP contribution < -0.4 is 10.6 Å². The van der Waals surface area contributed by atoms with Gasteiger partial charge in [0.25, 0.3) is 11.7 Å². The number of rotatable bonds is 7. The molecule has 202 valence electrons. The zero-order valence-electron chi connectivity index (χ0n) is 22.5. The van der Waals surface area contributed by atoms with Crippen LogP contribution in [0.15, 0.2) is 53.7 Å². The number of anilines is 1. The molecular formula is C28H32N8O3. The normalized spacial score (nSPS) is 16.3. The van der Waals surface area contributed by atoms with Crippen LogP contribution in [0.25, 0.3) is 22.2 Å². The van der Waals surface area contributed by atoms with Gasteiger partial charge in [-0.25, -0.2) is 4.98 Å². The molecule has 4 heterocycles. The van der Waals surface area contributed by atoms with Crippen molar-refractivity contribution < 1.29 is 14.1 Å². The first-order valence-electron chi connectivity index (χ1n) is 12.9. The highest BCUT2D eigenvalue weighted by atomic mass is 16.5. The number of aromatic amines is 1. The lowest BCUT2D eigenvalue weighted by atomic mass is 9.97. The average molecular weight is 529 g/mol. The van der Waals surface area contributed by atoms with Crippen molar-refractivity contribution in [3.8, 4) is 11.1 Å². The van der Waals surface area contributed by atoms with Gasteiger partial charge in [0.05, 0.1) is 11.4 Å². The summed E-state index contributed by atoms with van der Waals surface area (Å²) in [5, 5.41) is 18.6. The first-order valence-corrected chi connectivity index (χ1v) is 12.9. The predicted octanol–water partition coefficient (Wildman–Crippen LogP) is 4.00. The molecule has 1 aromatic carbocycles. The molecule has 5 rings (SSSR count). The van der Waals surface area contributed by atoms with Crippen LogP contribution in [0.2, 0.25) is 0 Å². The van der Waals surface area contributed by atoms with Crippen molar-refractivity contribution in [3.05, 3.63) is 66.5 Å². The highest BCUT2D eigenvalue weighted by Gasteiger charge is 2.27. The van der Waals surface area contributed by atoms with Crippen LogP contribution >= 0.6 is 0 Å². The first-order chi connectivity index (χ1) is 18.6. The molecule has 3 N–H and O–H groups in total. The molecule has 3 aromatic heterocycles. The van der Waals surface area contributed by atoms with Gasteiger partial charge in [0.1, 0.15) is 0 Å². The fraction of sp³-hybridized carbons (Fsp3) is 0.357. The highest BCUT2D eigenvalue weighted by Crippen LogP contribution is 2.33. The van der Waals surface area contributed by atoms with E-state index in [0.717, 1.165) is 28.5 Å². The first kappa shape index (κ1) is 26.1. The van der Waals surface area contributed by atoms with Crippen molar-refractivity contribution in [2.45, 2.75) is 51.6 Å². The molecule has 1 aliphatic heterocycles. The molecule has 1 aliphatic rings. The Labute approximate surface area is 226 Å². The van der Waals surface area contributed by atoms with Gasteiger partial charge in [-0.1, -0.05) is 56.8 Å². The van der Waals surface area contributed by atoms with Crippen molar-refractivity contribution in [1.29, 1.82) is 0 Å². The molecule has 0 spiro atoms. The maximum Gasteiger partial charge on any atom is 0.293 e. The molecule has 0 aliphatic carbocycles. The quantitative estimate of drug-likeness (QED) is 0.306. The number of likely N-dealkylation sites (tertiary alicyclic amines) is 1. The molecular weight excluding hydrogens is 496 g/mol. The molecule has 1 unspecified atom stereocenters. The number of carbonyl (C=O) groups is 2. The molecule has 39 heavy (non-hydrogen) atoms. The summed E-state index contributed by atoms with van der Waals surface area (Å²) in [6.07, 6.45) is 3.91. The van der Waals surface area contributed by atoms with E-state index in [9.17, 15) is 9.59 Å². The van der Waals surface area contributed by atoms with Crippen LogP contribution in [0, 0.1) is 0 Å². The Hall–Kier alpha value is -4.54. The van der Waals surface area contributed by atoms with Crippen molar-refractivity contribution >= 4 is 28.7 Å². The third-order valence-electron chi connectivity index (χ3n) is 6.82. The second kappa shape index (κ2) is 10.3. The summed E-state index contributed by atoms with van der Waals surface area (Å²) in [7, 11) is 0. The van der Waals surface area contributed by atoms with E-state index < -0.39 is 5.91 Å². The third kappa shape index (κ3) is 5.38. The van der Waals surface area contributed by atoms with Gasteiger partial charge >= 0.3 is 0 Å². The van der Waals surface area contributed by atoms with Gasteiger partial charge in [0, 0.05) is 30.7 Å². The maximum atomic E-state index is 12.7. The number of amides is 2. The Morgan fingerprint density at radius 3 is 2.69 bits per heavy atom. The molecule has 2 amide bonds. The lowest BCUT2D eigenvalue weighted by molar-refractivity contribution is -0.125. The number of nitrogens with one attached hydrogen (secondary N) is 3. The topological polar surface area (TPSA) is 142 Å². The highest BCUT2D eigenvalue weighted by molar-refractivity contribution is 6.00. The van der Waals surface area contributed by atoms with E-state index in [-0.39, 0.29) is 29.2 Å². The van der Waals surface area contributed by atoms with Crippen molar-refractivity contribution in [1.82, 2.24) is 35.5 Å². The lowest BCUT2D eigenvalue weighted by Crippen LogP contribution is -2.30. The maximum absolute atomic E-state index is 12.7. The Bertz CT molecular complexity index is 1520. The molecule has 4 aromatic rings. The van der Waals surface area contributed by atoms with E-state index in [4.69, 9.17) is 4.52 Å². The largest absolute Gasteiger partial charge is 0.363 e. The van der Waals surface area contributed by atoms with Gasteiger partial charge in [0.2, 0.25) is 11.8 Å². The van der Waals surface area contributed by atoms with Gasteiger partial charge in [0.15, 0.2) is 11.5 Å². The summed E-state index contributed by atoms with van der Waals surface area (Å²) < 4.78 is 5.24. The summed E-state index contributed by atoms with van der Waals surface area (Å²) in [6.45, 7) is 12.6. The third-order valence-corrected chi connectivity index (χ3v) is 6.82. The number of hydrogen-bond donors (Lipinski definition) is 3. The van der Waals surface area contributed by atoms with Gasteiger partial charge in [-0.15, -0.1) is 0 Å². The fourth-order valence-electron chi connectivity index (χ4n) is 4.61. The van der Waals surface area contributed by atoms with Crippen LogP contribution in [0.4, 0.5) is 5.82 Å². The monoisotopic (exact) mass is 528 g/mol. The van der Waals surface area contributed by atoms with E-state index in [2.05, 4.69) is 42.5 Å². The number of H-pyrrole nitrogens is 1. The smallest absolute Gasteiger partial charge is 0.293 e. The van der Waals surface area contributed by atoms with Crippen LogP contribution in [-0.2, 0) is 10.2 Å². The summed E-state index contributed by atoms with van der Waals surface area (Å²) in [6, 6.07) is 9.74. The second-order valence-electron chi connectivity index (χ2n) is 10.8. The molecule has 1 fully saturated rings. The van der Waals surface area contributed by atoms with Crippen molar-refractivity contribution in [3.63, 3.8) is 0 Å². The van der Waals surface area contributed by atoms with Crippen LogP contribution in [-0.4, -0.2) is 61.2 Å². The van der Waals surface area contributed by atoms with Crippen LogP contribution in [0.1, 0.15) is 62.2 Å². The molecule has 0 bridgehead atoms. The average Bonchev–Trinajstić information content (AvgIpc) is 3.68. The minimum atomic E-state index is -0.393. The summed E-state index contributed by atoms with van der Waals surface area (Å²) >= 11 is 0. The van der Waals surface area contributed by atoms with E-state index in [0.29, 0.717) is 30.4 Å². The Kier molecular flexibility index (Phi) is 6.90. The van der Waals surface area contributed by atoms with E-state index in [1.165, 1.54) is 6.08 Å². The van der Waals surface area contributed by atoms with Crippen LogP contribution in [0.5, 0.6) is 0 Å². The lowest BCUT2D eigenvalue weighted by Gasteiger charge is -2.16. The van der Waals surface area contributed by atoms with E-state index in [1.807, 2.05) is 58.0 Å². The minimum Gasteiger partial charge on any atom is -0.363 e. The number of hydrogen-bond acceptors (Lipinski definition) is 8. The molecule has 0 radical (unpaired) electrons. The number of fused-ring (bicyclic) bond motifs is 1. The molecule has 11 heteroatoms. The standard InChI is InChI=1S/C28H32N8O3/c1-6-21(37)36-14-12-19(15-36)31-24-22-20(11-13-29-23(22)33-34-24)18-9-7-17(8-10-18)16(2)30-26(38)25-32-27(39-35-25)28(3,4)5/h6-11,13,16,19H,1,12,14-15H2,2-5H3,(H,30,38)(H2,29,31,33,34)/t16?,19-/m1/s1. The summed E-state index contributed by atoms with van der Waals surface area (Å²) in [5.74, 6) is 0.672. The zero-order chi connectivity index (χ0) is 27.7. The van der Waals surface area contributed by atoms with Gasteiger partial charge in [-0.3, -0.25) is 14.7 Å². The number of pyridine rings is 1. The number of benzene rings is 1. The Morgan fingerprint density at radius 2 is 2.00 bits per heavy atom. The Morgan fingerprint density at radius 1 is 1.23 bits per heavy atom. The van der Waals surface area contributed by atoms with Gasteiger partial charge in [-0.2, -0.15) is 10.1 Å². The van der Waals surface area contributed by atoms with Crippen molar-refractivity contribution in [2.24, 2.45) is 0 Å². The molecule has 1 saturated heterocycles. The summed E-state index contributed by atoms with van der Waals surface area (Å²) in [4.78, 5) is 35.1. The van der Waals surface area contributed by atoms with E-state index >= 15 is 0 Å². The second-order valence-corrected chi connectivity index (χ2v) is 10.8. The summed E-state index contributed by atoms with van der Waals surface area (Å²) in [5.41, 5.74) is 3.22. The number of carbonyl (C=O) groups excluding carboxylic acids is 2. The SMILES string of the molecule is C=CC(=O)N1CC[C@@H](Nc2n[nH]c3nccc(-c4ccc(C(C)NC(=O)c5noc(C(C)(C)C)n5)cc4)c23)C1. The number of nitrogens with zero attached hydrogens (tertiary/aromatic N) is 5. The van der Waals surface area contributed by atoms with Gasteiger partial charge in [-0.05, 0) is 42.2 Å². The Balaban J connectivity index is 1.31. The molecule has 0 saturated carbocycles. The molecule has 2 atom stereocenters. The van der Waals surface area contributed by atoms with E-state index in [1.54, 1.807) is 11.1 Å².